The van der Waals surface area contributed by atoms with Crippen LogP contribution in [0.25, 0.3) is 0 Å². The summed E-state index contributed by atoms with van der Waals surface area (Å²) in [6.45, 7) is 7.23. The van der Waals surface area contributed by atoms with Crippen LogP contribution >= 0.6 is 0 Å². The molecule has 1 unspecified atom stereocenters. The van der Waals surface area contributed by atoms with Gasteiger partial charge in [0.05, 0.1) is 0 Å². The van der Waals surface area contributed by atoms with Crippen molar-refractivity contribution < 1.29 is 20.4 Å². The van der Waals surface area contributed by atoms with Crippen LogP contribution in [-0.2, 0) is 20.4 Å². The summed E-state index contributed by atoms with van der Waals surface area (Å²) in [5.74, 6) is 0. The van der Waals surface area contributed by atoms with Crippen LogP contribution in [0.1, 0.15) is 46.5 Å². The van der Waals surface area contributed by atoms with E-state index in [1.165, 1.54) is 31.7 Å². The molecule has 2 aliphatic carbocycles. The molecule has 0 saturated heterocycles. The summed E-state index contributed by atoms with van der Waals surface area (Å²) in [5, 5.41) is 0.615. The first-order chi connectivity index (χ1) is 7.47. The average molecular weight is 267 g/mol. The van der Waals surface area contributed by atoms with Gasteiger partial charge in [-0.25, -0.2) is 0 Å². The molecule has 0 nitrogen and oxygen atoms in total. The summed E-state index contributed by atoms with van der Waals surface area (Å²) in [5.41, 5.74) is 5.29. The van der Waals surface area contributed by atoms with E-state index >= 15 is 0 Å². The molecule has 0 aromatic carbocycles. The molecule has 0 radical (unpaired) electrons. The SMILES string of the molecule is CC(C)(C)[SiH2]CC1=CC2=C(CCCC2)[CH]1[Ti]. The Hall–Kier alpha value is 0.411. The Balaban J connectivity index is 1.99. The first kappa shape index (κ1) is 12.9. The first-order valence-electron chi connectivity index (χ1n) is 6.61. The van der Waals surface area contributed by atoms with Crippen LogP contribution in [0.3, 0.4) is 0 Å². The molecule has 2 aliphatic rings. The van der Waals surface area contributed by atoms with Gasteiger partial charge in [-0.1, -0.05) is 0 Å². The predicted octanol–water partition coefficient (Wildman–Crippen LogP) is 3.94. The van der Waals surface area contributed by atoms with Gasteiger partial charge in [0.2, 0.25) is 0 Å². The van der Waals surface area contributed by atoms with Crippen LogP contribution < -0.4 is 0 Å². The second kappa shape index (κ2) is 4.96. The molecular weight excluding hydrogens is 244 g/mol. The Morgan fingerprint density at radius 1 is 1.31 bits per heavy atom. The molecule has 16 heavy (non-hydrogen) atoms. The van der Waals surface area contributed by atoms with Crippen molar-refractivity contribution in [2.75, 3.05) is 0 Å². The molecule has 0 bridgehead atoms. The second-order valence-electron chi connectivity index (χ2n) is 6.47. The van der Waals surface area contributed by atoms with E-state index in [9.17, 15) is 0 Å². The van der Waals surface area contributed by atoms with E-state index in [-0.39, 0.29) is 9.52 Å². The Morgan fingerprint density at radius 2 is 2.00 bits per heavy atom. The van der Waals surface area contributed by atoms with Crippen LogP contribution in [0, 0.1) is 0 Å². The summed E-state index contributed by atoms with van der Waals surface area (Å²) in [4.78, 5) is 0. The molecule has 0 fully saturated rings. The first-order valence-corrected chi connectivity index (χ1v) is 9.22. The van der Waals surface area contributed by atoms with Crippen molar-refractivity contribution in [2.45, 2.75) is 61.8 Å². The molecule has 2 heteroatoms. The van der Waals surface area contributed by atoms with Gasteiger partial charge in [-0.3, -0.25) is 0 Å². The van der Waals surface area contributed by atoms with Gasteiger partial charge >= 0.3 is 115 Å². The van der Waals surface area contributed by atoms with Crippen LogP contribution in [0.15, 0.2) is 22.8 Å². The van der Waals surface area contributed by atoms with E-state index < -0.39 is 0 Å². The molecule has 87 valence electrons. The Kier molecular flexibility index (Phi) is 3.98. The Labute approximate surface area is 114 Å². The normalized spacial score (nSPS) is 26.4. The number of hydrogen-bond acceptors (Lipinski definition) is 0. The van der Waals surface area contributed by atoms with Gasteiger partial charge in [-0.2, -0.15) is 0 Å². The van der Waals surface area contributed by atoms with Gasteiger partial charge in [0.15, 0.2) is 0 Å². The molecule has 0 aromatic heterocycles. The molecule has 0 aromatic rings. The molecule has 0 amide bonds. The minimum atomic E-state index is 0.0533. The van der Waals surface area contributed by atoms with Gasteiger partial charge in [-0.15, -0.1) is 0 Å². The van der Waals surface area contributed by atoms with Crippen LogP contribution in [0.5, 0.6) is 0 Å². The third-order valence-electron chi connectivity index (χ3n) is 3.80. The third kappa shape index (κ3) is 3.00. The molecule has 0 heterocycles. The van der Waals surface area contributed by atoms with E-state index in [1.807, 2.05) is 0 Å². The molecule has 0 spiro atoms. The van der Waals surface area contributed by atoms with Gasteiger partial charge in [0, 0.05) is 0 Å². The van der Waals surface area contributed by atoms with Crippen molar-refractivity contribution in [1.29, 1.82) is 0 Å². The van der Waals surface area contributed by atoms with Crippen molar-refractivity contribution in [3.8, 4) is 0 Å². The van der Waals surface area contributed by atoms with Gasteiger partial charge in [0.25, 0.3) is 0 Å². The van der Waals surface area contributed by atoms with E-state index in [1.54, 1.807) is 16.7 Å². The van der Waals surface area contributed by atoms with Crippen molar-refractivity contribution in [2.24, 2.45) is 0 Å². The quantitative estimate of drug-likeness (QED) is 0.665. The molecule has 0 saturated carbocycles. The topological polar surface area (TPSA) is 0 Å². The van der Waals surface area contributed by atoms with Crippen LogP contribution in [0.4, 0.5) is 0 Å². The summed E-state index contributed by atoms with van der Waals surface area (Å²) >= 11 is 2.44. The molecule has 1 atom stereocenters. The fourth-order valence-corrected chi connectivity index (χ4v) is 5.51. The summed E-state index contributed by atoms with van der Waals surface area (Å²) in [6.07, 6.45) is 8.17. The summed E-state index contributed by atoms with van der Waals surface area (Å²) in [7, 11) is 0.0533. The Bertz CT molecular complexity index is 333. The van der Waals surface area contributed by atoms with E-state index in [0.717, 1.165) is 4.22 Å². The third-order valence-corrected chi connectivity index (χ3v) is 7.25. The van der Waals surface area contributed by atoms with Crippen LogP contribution in [-0.4, -0.2) is 9.52 Å². The van der Waals surface area contributed by atoms with Gasteiger partial charge < -0.3 is 0 Å². The van der Waals surface area contributed by atoms with Crippen molar-refractivity contribution >= 4 is 9.52 Å². The fourth-order valence-electron chi connectivity index (χ4n) is 2.71. The number of allylic oxidation sites excluding steroid dienone is 4. The van der Waals surface area contributed by atoms with Gasteiger partial charge in [0.1, 0.15) is 0 Å². The average Bonchev–Trinajstić information content (AvgIpc) is 2.53. The van der Waals surface area contributed by atoms with Crippen LogP contribution in [0.2, 0.25) is 15.3 Å². The zero-order valence-electron chi connectivity index (χ0n) is 10.9. The fraction of sp³-hybridized carbons (Fsp3) is 0.714. The van der Waals surface area contributed by atoms with E-state index in [4.69, 9.17) is 0 Å². The molecule has 2 rings (SSSR count). The number of rotatable bonds is 2. The zero-order valence-corrected chi connectivity index (χ0v) is 13.9. The van der Waals surface area contributed by atoms with Crippen molar-refractivity contribution in [3.05, 3.63) is 22.8 Å². The second-order valence-corrected chi connectivity index (χ2v) is 10.5. The Morgan fingerprint density at radius 3 is 2.62 bits per heavy atom. The summed E-state index contributed by atoms with van der Waals surface area (Å²) < 4.78 is 0.796. The predicted molar refractivity (Wildman–Crippen MR) is 70.4 cm³/mol. The minimum absolute atomic E-state index is 0.0533. The summed E-state index contributed by atoms with van der Waals surface area (Å²) in [6, 6.07) is 1.44. The number of hydrogen-bond donors (Lipinski definition) is 0. The molecule has 0 aliphatic heterocycles. The maximum absolute atomic E-state index is 2.57. The maximum atomic E-state index is 2.57. The zero-order chi connectivity index (χ0) is 11.8. The molecular formula is C14H23SiTi. The van der Waals surface area contributed by atoms with E-state index in [0.29, 0.717) is 5.04 Å². The van der Waals surface area contributed by atoms with Crippen molar-refractivity contribution in [1.82, 2.24) is 0 Å². The van der Waals surface area contributed by atoms with E-state index in [2.05, 4.69) is 47.3 Å². The molecule has 0 N–H and O–H groups in total. The van der Waals surface area contributed by atoms with Gasteiger partial charge in [-0.05, 0) is 0 Å². The van der Waals surface area contributed by atoms with Crippen molar-refractivity contribution in [3.63, 3.8) is 0 Å². The standard InChI is InChI=1S/C14H23Si.Ti/c1-14(2,3)15-10-11-8-12-6-4-5-7-13(12)9-11;/h8-9H,4-7,10,15H2,1-3H3;. The monoisotopic (exact) mass is 267 g/mol.